The van der Waals surface area contributed by atoms with Crippen LogP contribution in [-0.2, 0) is 32.7 Å². The Morgan fingerprint density at radius 1 is 0.667 bits per heavy atom. The van der Waals surface area contributed by atoms with E-state index in [1.165, 1.54) is 96.3 Å². The molecular formula is C38H74NO8P. The Kier molecular flexibility index (Phi) is 30.9. The van der Waals surface area contributed by atoms with Crippen LogP contribution in [0.25, 0.3) is 0 Å². The van der Waals surface area contributed by atoms with Gasteiger partial charge in [-0.1, -0.05) is 135 Å². The van der Waals surface area contributed by atoms with Crippen LogP contribution in [0.3, 0.4) is 0 Å². The van der Waals surface area contributed by atoms with E-state index in [1.54, 1.807) is 0 Å². The molecule has 0 aromatic carbocycles. The number of allylic oxidation sites excluding steroid dienone is 1. The summed E-state index contributed by atoms with van der Waals surface area (Å²) in [4.78, 5) is 37.2. The number of hydrogen-bond acceptors (Lipinski definition) is 8. The zero-order valence-electron chi connectivity index (χ0n) is 31.5. The summed E-state index contributed by atoms with van der Waals surface area (Å²) >= 11 is 0. The van der Waals surface area contributed by atoms with Crippen molar-refractivity contribution in [1.29, 1.82) is 0 Å². The number of hydrogen-bond donors (Lipinski definition) is 0. The van der Waals surface area contributed by atoms with E-state index in [2.05, 4.69) is 13.5 Å². The molecule has 0 rings (SSSR count). The van der Waals surface area contributed by atoms with Gasteiger partial charge in [0.25, 0.3) is 7.82 Å². The van der Waals surface area contributed by atoms with Crippen molar-refractivity contribution in [3.63, 3.8) is 0 Å². The molecule has 0 N–H and O–H groups in total. The SMILES string of the molecule is C=CCCCCCCCCCCCCCCCC(=O)OC[C@@H](COP(=O)([O-])OCC[N+](C)(C)C)OC(=O)CCCCCCCCCCC. The maximum Gasteiger partial charge on any atom is 0.306 e. The first-order chi connectivity index (χ1) is 23.0. The highest BCUT2D eigenvalue weighted by Crippen LogP contribution is 2.38. The van der Waals surface area contributed by atoms with E-state index in [0.29, 0.717) is 17.4 Å². The van der Waals surface area contributed by atoms with E-state index >= 15 is 0 Å². The number of carbonyl (C=O) groups excluding carboxylic acids is 2. The quantitative estimate of drug-likeness (QED) is 0.0209. The Balaban J connectivity index is 4.34. The van der Waals surface area contributed by atoms with Gasteiger partial charge in [0.15, 0.2) is 6.10 Å². The van der Waals surface area contributed by atoms with Gasteiger partial charge in [-0.3, -0.25) is 14.2 Å². The molecule has 284 valence electrons. The molecule has 2 atom stereocenters. The van der Waals surface area contributed by atoms with E-state index < -0.39 is 26.5 Å². The molecule has 0 aromatic rings. The maximum atomic E-state index is 12.5. The minimum Gasteiger partial charge on any atom is -0.756 e. The summed E-state index contributed by atoms with van der Waals surface area (Å²) in [6.45, 7) is 5.71. The second-order valence-corrected chi connectivity index (χ2v) is 15.8. The standard InChI is InChI=1S/C38H74NO8P/c1-6-8-10-12-14-16-17-18-19-20-21-23-24-26-28-30-37(40)44-34-36(35-46-48(42,43)45-33-32-39(3,4)5)47-38(41)31-29-27-25-22-15-13-11-9-7-2/h6,36H,1,7-35H2,2-5H3/t36-/m0/s1. The Hall–Kier alpha value is -1.25. The largest absolute Gasteiger partial charge is 0.756 e. The molecule has 0 bridgehead atoms. The summed E-state index contributed by atoms with van der Waals surface area (Å²) in [5.74, 6) is -0.836. The van der Waals surface area contributed by atoms with Gasteiger partial charge < -0.3 is 27.9 Å². The van der Waals surface area contributed by atoms with Crippen LogP contribution < -0.4 is 4.89 Å². The van der Waals surface area contributed by atoms with Crippen LogP contribution in [0, 0.1) is 0 Å². The highest BCUT2D eigenvalue weighted by Gasteiger charge is 2.21. The number of phosphoric ester groups is 1. The highest BCUT2D eigenvalue weighted by atomic mass is 31.2. The van der Waals surface area contributed by atoms with Gasteiger partial charge in [0.05, 0.1) is 27.7 Å². The third-order valence-electron chi connectivity index (χ3n) is 8.43. The minimum absolute atomic E-state index is 0.0285. The van der Waals surface area contributed by atoms with Crippen molar-refractivity contribution in [2.24, 2.45) is 0 Å². The summed E-state index contributed by atoms with van der Waals surface area (Å²) in [7, 11) is 1.17. The van der Waals surface area contributed by atoms with Crippen molar-refractivity contribution in [2.75, 3.05) is 47.5 Å². The zero-order valence-corrected chi connectivity index (χ0v) is 32.4. The van der Waals surface area contributed by atoms with Crippen LogP contribution in [0.1, 0.15) is 167 Å². The third-order valence-corrected chi connectivity index (χ3v) is 9.40. The van der Waals surface area contributed by atoms with E-state index in [4.69, 9.17) is 18.5 Å². The van der Waals surface area contributed by atoms with Crippen LogP contribution in [0.15, 0.2) is 12.7 Å². The Labute approximate surface area is 295 Å². The molecule has 48 heavy (non-hydrogen) atoms. The summed E-state index contributed by atoms with van der Waals surface area (Å²) in [6, 6.07) is 0. The van der Waals surface area contributed by atoms with E-state index in [1.807, 2.05) is 27.2 Å². The average Bonchev–Trinajstić information content (AvgIpc) is 3.02. The topological polar surface area (TPSA) is 111 Å². The lowest BCUT2D eigenvalue weighted by atomic mass is 10.0. The number of ether oxygens (including phenoxy) is 2. The smallest absolute Gasteiger partial charge is 0.306 e. The van der Waals surface area contributed by atoms with Crippen LogP contribution in [0.2, 0.25) is 0 Å². The average molecular weight is 704 g/mol. The summed E-state index contributed by atoms with van der Waals surface area (Å²) in [5.41, 5.74) is 0. The molecule has 0 spiro atoms. The van der Waals surface area contributed by atoms with E-state index in [-0.39, 0.29) is 32.0 Å². The zero-order chi connectivity index (χ0) is 35.8. The molecule has 0 fully saturated rings. The number of esters is 2. The monoisotopic (exact) mass is 704 g/mol. The summed E-state index contributed by atoms with van der Waals surface area (Å²) in [5, 5.41) is 0. The lowest BCUT2D eigenvalue weighted by Gasteiger charge is -2.28. The fourth-order valence-corrected chi connectivity index (χ4v) is 6.07. The van der Waals surface area contributed by atoms with E-state index in [9.17, 15) is 19.0 Å². The van der Waals surface area contributed by atoms with Gasteiger partial charge in [-0.05, 0) is 25.7 Å². The Morgan fingerprint density at radius 2 is 1.10 bits per heavy atom. The lowest BCUT2D eigenvalue weighted by molar-refractivity contribution is -0.870. The van der Waals surface area contributed by atoms with Gasteiger partial charge in [0.2, 0.25) is 0 Å². The summed E-state index contributed by atoms with van der Waals surface area (Å²) < 4.78 is 33.7. The molecule has 0 saturated carbocycles. The van der Waals surface area contributed by atoms with Crippen molar-refractivity contribution in [1.82, 2.24) is 0 Å². The van der Waals surface area contributed by atoms with E-state index in [0.717, 1.165) is 44.9 Å². The Morgan fingerprint density at radius 3 is 1.56 bits per heavy atom. The molecule has 9 nitrogen and oxygen atoms in total. The predicted octanol–water partition coefficient (Wildman–Crippen LogP) is 9.61. The van der Waals surface area contributed by atoms with Crippen LogP contribution in [-0.4, -0.2) is 70.0 Å². The van der Waals surface area contributed by atoms with Crippen molar-refractivity contribution in [3.05, 3.63) is 12.7 Å². The second-order valence-electron chi connectivity index (χ2n) is 14.4. The molecule has 0 saturated heterocycles. The number of quaternary nitrogens is 1. The molecule has 0 aliphatic heterocycles. The molecule has 0 radical (unpaired) electrons. The molecule has 1 unspecified atom stereocenters. The highest BCUT2D eigenvalue weighted by molar-refractivity contribution is 7.45. The van der Waals surface area contributed by atoms with Crippen molar-refractivity contribution in [3.8, 4) is 0 Å². The normalized spacial score (nSPS) is 13.6. The van der Waals surface area contributed by atoms with Crippen LogP contribution in [0.5, 0.6) is 0 Å². The molecule has 0 aromatic heterocycles. The molecule has 0 aliphatic rings. The number of rotatable bonds is 36. The number of likely N-dealkylation sites (N-methyl/N-ethyl adjacent to an activating group) is 1. The van der Waals surface area contributed by atoms with Gasteiger partial charge >= 0.3 is 11.9 Å². The van der Waals surface area contributed by atoms with Crippen LogP contribution in [0.4, 0.5) is 0 Å². The molecular weight excluding hydrogens is 629 g/mol. The lowest BCUT2D eigenvalue weighted by Crippen LogP contribution is -2.37. The number of nitrogens with zero attached hydrogens (tertiary/aromatic N) is 1. The van der Waals surface area contributed by atoms with Crippen molar-refractivity contribution < 1.29 is 42.1 Å². The molecule has 0 heterocycles. The Bertz CT molecular complexity index is 832. The summed E-state index contributed by atoms with van der Waals surface area (Å²) in [6.07, 6.45) is 28.5. The molecule has 0 amide bonds. The van der Waals surface area contributed by atoms with Gasteiger partial charge in [0.1, 0.15) is 19.8 Å². The number of unbranched alkanes of at least 4 members (excludes halogenated alkanes) is 21. The fraction of sp³-hybridized carbons (Fsp3) is 0.895. The first kappa shape index (κ1) is 46.8. The maximum absolute atomic E-state index is 12.5. The van der Waals surface area contributed by atoms with Crippen molar-refractivity contribution >= 4 is 19.8 Å². The molecule has 0 aliphatic carbocycles. The second kappa shape index (κ2) is 31.7. The van der Waals surface area contributed by atoms with Gasteiger partial charge in [0, 0.05) is 12.8 Å². The first-order valence-electron chi connectivity index (χ1n) is 19.4. The fourth-order valence-electron chi connectivity index (χ4n) is 5.34. The minimum atomic E-state index is -4.61. The van der Waals surface area contributed by atoms with Gasteiger partial charge in [-0.2, -0.15) is 0 Å². The number of carbonyl (C=O) groups is 2. The van der Waals surface area contributed by atoms with Crippen molar-refractivity contribution in [2.45, 2.75) is 174 Å². The van der Waals surface area contributed by atoms with Crippen LogP contribution >= 0.6 is 7.82 Å². The van der Waals surface area contributed by atoms with Gasteiger partial charge in [-0.25, -0.2) is 0 Å². The third kappa shape index (κ3) is 34.6. The van der Waals surface area contributed by atoms with Gasteiger partial charge in [-0.15, -0.1) is 6.58 Å². The predicted molar refractivity (Wildman–Crippen MR) is 195 cm³/mol. The first-order valence-corrected chi connectivity index (χ1v) is 20.8. The number of phosphoric acid groups is 1. The molecule has 10 heteroatoms.